The molecule has 0 unspecified atom stereocenters. The van der Waals surface area contributed by atoms with Gasteiger partial charge in [-0.15, -0.1) is 0 Å². The van der Waals surface area contributed by atoms with E-state index in [1.54, 1.807) is 19.1 Å². The number of nitro groups is 1. The van der Waals surface area contributed by atoms with Gasteiger partial charge in [0.05, 0.1) is 4.92 Å². The number of aryl methyl sites for hydroxylation is 1. The summed E-state index contributed by atoms with van der Waals surface area (Å²) in [4.78, 5) is 10.7. The van der Waals surface area contributed by atoms with Gasteiger partial charge in [0.15, 0.2) is 0 Å². The van der Waals surface area contributed by atoms with Crippen LogP contribution in [-0.4, -0.2) is 4.92 Å². The maximum atomic E-state index is 11.0. The third-order valence-electron chi connectivity index (χ3n) is 2.70. The van der Waals surface area contributed by atoms with Crippen LogP contribution in [0.2, 0.25) is 0 Å². The molecule has 2 aromatic carbocycles. The summed E-state index contributed by atoms with van der Waals surface area (Å²) in [6.45, 7) is 1.76. The van der Waals surface area contributed by atoms with Crippen molar-refractivity contribution in [3.05, 3.63) is 56.7 Å². The summed E-state index contributed by atoms with van der Waals surface area (Å²) < 4.78 is 3.37. The molecule has 0 fully saturated rings. The van der Waals surface area contributed by atoms with E-state index in [0.29, 0.717) is 5.56 Å². The van der Waals surface area contributed by atoms with E-state index in [9.17, 15) is 10.1 Å². The molecule has 0 heterocycles. The molecule has 0 saturated carbocycles. The zero-order valence-corrected chi connectivity index (χ0v) is 16.3. The summed E-state index contributed by atoms with van der Waals surface area (Å²) >= 11 is 6.82. The van der Waals surface area contributed by atoms with Crippen molar-refractivity contribution in [2.45, 2.75) is 6.92 Å². The number of halogens is 3. The molecule has 0 amide bonds. The first-order valence-corrected chi connectivity index (χ1v) is 8.53. The molecule has 0 aliphatic rings. The summed E-state index contributed by atoms with van der Waals surface area (Å²) in [5.41, 5.74) is 2.80. The Hall–Kier alpha value is 0.0300. The Bertz CT molecular complexity index is 648. The molecule has 0 N–H and O–H groups in total. The fourth-order valence-corrected chi connectivity index (χ4v) is 5.99. The fraction of sp³-hybridized carbons (Fsp3) is 0.0769. The van der Waals surface area contributed by atoms with Gasteiger partial charge in [-0.3, -0.25) is 10.1 Å². The number of nitrogens with zero attached hydrogens (tertiary/aromatic N) is 1. The number of nitro benzene ring substituents is 1. The van der Waals surface area contributed by atoms with Gasteiger partial charge in [-0.25, -0.2) is 0 Å². The Morgan fingerprint density at radius 2 is 1.63 bits per heavy atom. The van der Waals surface area contributed by atoms with Crippen molar-refractivity contribution in [3.8, 4) is 11.1 Å². The first-order chi connectivity index (χ1) is 8.90. The number of hydrogen-bond acceptors (Lipinski definition) is 2. The van der Waals surface area contributed by atoms with Gasteiger partial charge in [-0.2, -0.15) is 0 Å². The van der Waals surface area contributed by atoms with Crippen LogP contribution in [0.25, 0.3) is 11.1 Å². The van der Waals surface area contributed by atoms with Crippen molar-refractivity contribution in [3.63, 3.8) is 0 Å². The SMILES string of the molecule is Cc1ccc(-c2c(I)cc(I)cc2I)cc1[N+](=O)[O-]. The van der Waals surface area contributed by atoms with Crippen LogP contribution in [0, 0.1) is 27.7 Å². The van der Waals surface area contributed by atoms with Crippen molar-refractivity contribution < 1.29 is 4.92 Å². The Balaban J connectivity index is 2.66. The van der Waals surface area contributed by atoms with Crippen LogP contribution < -0.4 is 0 Å². The molecule has 0 radical (unpaired) electrons. The second kappa shape index (κ2) is 6.20. The van der Waals surface area contributed by atoms with Crippen LogP contribution in [0.15, 0.2) is 30.3 Å². The largest absolute Gasteiger partial charge is 0.272 e. The zero-order chi connectivity index (χ0) is 14.2. The van der Waals surface area contributed by atoms with Crippen LogP contribution in [-0.2, 0) is 0 Å². The Morgan fingerprint density at radius 3 is 2.16 bits per heavy atom. The lowest BCUT2D eigenvalue weighted by Crippen LogP contribution is -1.94. The zero-order valence-electron chi connectivity index (χ0n) is 9.78. The van der Waals surface area contributed by atoms with E-state index in [2.05, 4.69) is 79.9 Å². The van der Waals surface area contributed by atoms with Gasteiger partial charge < -0.3 is 0 Å². The van der Waals surface area contributed by atoms with Gasteiger partial charge in [0.1, 0.15) is 0 Å². The van der Waals surface area contributed by atoms with Crippen molar-refractivity contribution >= 4 is 73.5 Å². The maximum Gasteiger partial charge on any atom is 0.272 e. The lowest BCUT2D eigenvalue weighted by atomic mass is 10.0. The smallest absolute Gasteiger partial charge is 0.258 e. The topological polar surface area (TPSA) is 43.1 Å². The van der Waals surface area contributed by atoms with E-state index in [-0.39, 0.29) is 10.6 Å². The summed E-state index contributed by atoms with van der Waals surface area (Å²) in [5.74, 6) is 0. The van der Waals surface area contributed by atoms with E-state index >= 15 is 0 Å². The number of hydrogen-bond donors (Lipinski definition) is 0. The lowest BCUT2D eigenvalue weighted by molar-refractivity contribution is -0.385. The fourth-order valence-electron chi connectivity index (χ4n) is 1.78. The van der Waals surface area contributed by atoms with Crippen molar-refractivity contribution in [1.82, 2.24) is 0 Å². The molecule has 6 heteroatoms. The molecule has 0 aliphatic heterocycles. The highest BCUT2D eigenvalue weighted by Crippen LogP contribution is 2.34. The van der Waals surface area contributed by atoms with E-state index in [1.807, 2.05) is 6.07 Å². The Kier molecular flexibility index (Phi) is 5.04. The average Bonchev–Trinajstić information content (AvgIpc) is 2.29. The highest BCUT2D eigenvalue weighted by molar-refractivity contribution is 14.1. The molecular formula is C13H8I3NO2. The quantitative estimate of drug-likeness (QED) is 0.268. The van der Waals surface area contributed by atoms with Crippen LogP contribution in [0.1, 0.15) is 5.56 Å². The second-order valence-corrected chi connectivity index (χ2v) is 7.57. The average molecular weight is 591 g/mol. The molecule has 0 spiro atoms. The molecule has 0 bridgehead atoms. The molecule has 0 saturated heterocycles. The minimum atomic E-state index is -0.328. The molecule has 98 valence electrons. The van der Waals surface area contributed by atoms with Crippen LogP contribution in [0.3, 0.4) is 0 Å². The van der Waals surface area contributed by atoms with E-state index < -0.39 is 0 Å². The maximum absolute atomic E-state index is 11.0. The molecule has 19 heavy (non-hydrogen) atoms. The summed E-state index contributed by atoms with van der Waals surface area (Å²) in [7, 11) is 0. The van der Waals surface area contributed by atoms with Crippen molar-refractivity contribution in [1.29, 1.82) is 0 Å². The predicted octanol–water partition coefficient (Wildman–Crippen LogP) is 5.38. The van der Waals surface area contributed by atoms with Gasteiger partial charge >= 0.3 is 0 Å². The minimum absolute atomic E-state index is 0.169. The first-order valence-electron chi connectivity index (χ1n) is 5.30. The Morgan fingerprint density at radius 1 is 1.05 bits per heavy atom. The van der Waals surface area contributed by atoms with Crippen LogP contribution >= 0.6 is 67.8 Å². The summed E-state index contributed by atoms with van der Waals surface area (Å²) in [5, 5.41) is 11.0. The van der Waals surface area contributed by atoms with Gasteiger partial charge in [0.25, 0.3) is 5.69 Å². The van der Waals surface area contributed by atoms with Gasteiger partial charge in [-0.1, -0.05) is 12.1 Å². The molecule has 0 atom stereocenters. The third kappa shape index (κ3) is 3.38. The first kappa shape index (κ1) is 15.4. The highest BCUT2D eigenvalue weighted by atomic mass is 127. The Labute approximate surface area is 151 Å². The second-order valence-electron chi connectivity index (χ2n) is 4.00. The molecule has 0 aliphatic carbocycles. The third-order valence-corrected chi connectivity index (χ3v) is 5.03. The molecule has 2 aromatic rings. The van der Waals surface area contributed by atoms with E-state index in [4.69, 9.17) is 0 Å². The van der Waals surface area contributed by atoms with E-state index in [0.717, 1.165) is 21.8 Å². The number of benzene rings is 2. The normalized spacial score (nSPS) is 10.5. The van der Waals surface area contributed by atoms with E-state index in [1.165, 1.54) is 0 Å². The monoisotopic (exact) mass is 591 g/mol. The summed E-state index contributed by atoms with van der Waals surface area (Å²) in [6, 6.07) is 9.54. The molecule has 2 rings (SSSR count). The van der Waals surface area contributed by atoms with Crippen LogP contribution in [0.4, 0.5) is 5.69 Å². The molecule has 3 nitrogen and oxygen atoms in total. The lowest BCUT2D eigenvalue weighted by Gasteiger charge is -2.09. The minimum Gasteiger partial charge on any atom is -0.258 e. The standard InChI is InChI=1S/C13H8I3NO2/c1-7-2-3-8(4-12(7)17(18)19)13-10(15)5-9(14)6-11(13)16/h2-6H,1H3. The number of rotatable bonds is 2. The van der Waals surface area contributed by atoms with Crippen LogP contribution in [0.5, 0.6) is 0 Å². The highest BCUT2D eigenvalue weighted by Gasteiger charge is 2.15. The van der Waals surface area contributed by atoms with Gasteiger partial charge in [0.2, 0.25) is 0 Å². The van der Waals surface area contributed by atoms with Crippen molar-refractivity contribution in [2.24, 2.45) is 0 Å². The predicted molar refractivity (Wildman–Crippen MR) is 101 cm³/mol. The van der Waals surface area contributed by atoms with Crippen molar-refractivity contribution in [2.75, 3.05) is 0 Å². The van der Waals surface area contributed by atoms with Gasteiger partial charge in [0, 0.05) is 27.9 Å². The summed E-state index contributed by atoms with van der Waals surface area (Å²) in [6.07, 6.45) is 0. The van der Waals surface area contributed by atoms with Gasteiger partial charge in [-0.05, 0) is 92.4 Å². The molecular weight excluding hydrogens is 583 g/mol. The molecule has 0 aromatic heterocycles.